The fourth-order valence-electron chi connectivity index (χ4n) is 3.81. The number of nitrogens with one attached hydrogen (secondary N) is 2. The van der Waals surface area contributed by atoms with Crippen LogP contribution in [-0.4, -0.2) is 25.1 Å². The summed E-state index contributed by atoms with van der Waals surface area (Å²) in [5.41, 5.74) is 5.16. The zero-order valence-corrected chi connectivity index (χ0v) is 17.4. The van der Waals surface area contributed by atoms with Crippen LogP contribution in [0.1, 0.15) is 12.6 Å². The van der Waals surface area contributed by atoms with Gasteiger partial charge < -0.3 is 4.98 Å². The summed E-state index contributed by atoms with van der Waals surface area (Å²) in [4.78, 5) is 12.1. The van der Waals surface area contributed by atoms with Crippen molar-refractivity contribution in [1.82, 2.24) is 25.1 Å². The van der Waals surface area contributed by atoms with Gasteiger partial charge in [0.1, 0.15) is 11.5 Å². The molecule has 4 aromatic heterocycles. The van der Waals surface area contributed by atoms with Crippen molar-refractivity contribution in [1.29, 1.82) is 0 Å². The molecule has 5 aromatic rings. The molecule has 32 heavy (non-hydrogen) atoms. The number of allylic oxidation sites excluding steroid dienone is 1. The molecule has 0 aliphatic carbocycles. The van der Waals surface area contributed by atoms with Crippen LogP contribution in [0.4, 0.5) is 4.39 Å². The van der Waals surface area contributed by atoms with E-state index in [4.69, 9.17) is 0 Å². The van der Waals surface area contributed by atoms with E-state index in [1.807, 2.05) is 49.4 Å². The molecule has 5 nitrogen and oxygen atoms in total. The highest BCUT2D eigenvalue weighted by molar-refractivity contribution is 5.97. The summed E-state index contributed by atoms with van der Waals surface area (Å²) in [6.45, 7) is 6.13. The van der Waals surface area contributed by atoms with Gasteiger partial charge in [-0.1, -0.05) is 36.9 Å². The van der Waals surface area contributed by atoms with Crippen LogP contribution in [0, 0.1) is 5.82 Å². The van der Waals surface area contributed by atoms with Gasteiger partial charge >= 0.3 is 0 Å². The largest absolute Gasteiger partial charge is 0.352 e. The first-order valence-corrected chi connectivity index (χ1v) is 10.2. The van der Waals surface area contributed by atoms with Crippen molar-refractivity contribution in [3.05, 3.63) is 95.8 Å². The molecule has 156 valence electrons. The molecule has 0 aliphatic heterocycles. The van der Waals surface area contributed by atoms with Crippen LogP contribution in [0.3, 0.4) is 0 Å². The third-order valence-corrected chi connectivity index (χ3v) is 5.40. The molecule has 0 bridgehead atoms. The zero-order valence-electron chi connectivity index (χ0n) is 17.4. The standard InChI is InChI=1S/C26H20FN5/c1-3-22-19(12-16(2)23-10-6-7-11-29-23)26(32-31-22)24-13-18-20(14-28-15-25(18)30-24)17-8-4-5-9-21(17)27/h3-15,30-31H,2H2,1H3/b19-12+,22-3+. The molecular weight excluding hydrogens is 401 g/mol. The summed E-state index contributed by atoms with van der Waals surface area (Å²) in [7, 11) is 0. The Hall–Kier alpha value is -4.32. The second-order valence-electron chi connectivity index (χ2n) is 7.38. The van der Waals surface area contributed by atoms with Crippen LogP contribution < -0.4 is 10.6 Å². The number of pyridine rings is 2. The highest BCUT2D eigenvalue weighted by Gasteiger charge is 2.14. The number of hydrogen-bond donors (Lipinski definition) is 2. The average Bonchev–Trinajstić information content (AvgIpc) is 3.43. The van der Waals surface area contributed by atoms with E-state index in [1.165, 1.54) is 6.07 Å². The molecule has 2 N–H and O–H groups in total. The molecule has 0 unspecified atom stereocenters. The monoisotopic (exact) mass is 421 g/mol. The summed E-state index contributed by atoms with van der Waals surface area (Å²) in [5.74, 6) is -0.284. The Morgan fingerprint density at radius 2 is 1.91 bits per heavy atom. The van der Waals surface area contributed by atoms with Crippen molar-refractivity contribution in [2.45, 2.75) is 6.92 Å². The molecule has 0 aliphatic rings. The van der Waals surface area contributed by atoms with Gasteiger partial charge in [0.05, 0.1) is 28.5 Å². The lowest BCUT2D eigenvalue weighted by Gasteiger charge is -2.03. The summed E-state index contributed by atoms with van der Waals surface area (Å²) in [6.07, 6.45) is 9.09. The maximum Gasteiger partial charge on any atom is 0.131 e. The lowest BCUT2D eigenvalue weighted by molar-refractivity contribution is 0.631. The van der Waals surface area contributed by atoms with Crippen LogP contribution in [-0.2, 0) is 0 Å². The summed E-state index contributed by atoms with van der Waals surface area (Å²) < 4.78 is 14.5. The molecule has 5 rings (SSSR count). The molecule has 0 atom stereocenters. The van der Waals surface area contributed by atoms with E-state index in [0.29, 0.717) is 5.56 Å². The van der Waals surface area contributed by atoms with Gasteiger partial charge in [0.2, 0.25) is 0 Å². The molecule has 0 fully saturated rings. The highest BCUT2D eigenvalue weighted by Crippen LogP contribution is 2.31. The molecule has 0 spiro atoms. The lowest BCUT2D eigenvalue weighted by atomic mass is 10.0. The minimum absolute atomic E-state index is 0.284. The third kappa shape index (κ3) is 3.41. The molecule has 1 aromatic carbocycles. The summed E-state index contributed by atoms with van der Waals surface area (Å²) in [6, 6.07) is 14.4. The minimum atomic E-state index is -0.284. The first kappa shape index (κ1) is 19.6. The summed E-state index contributed by atoms with van der Waals surface area (Å²) >= 11 is 0. The number of aromatic nitrogens is 5. The van der Waals surface area contributed by atoms with Gasteiger partial charge in [0.15, 0.2) is 0 Å². The van der Waals surface area contributed by atoms with Gasteiger partial charge in [0, 0.05) is 34.1 Å². The molecule has 0 saturated carbocycles. The molecule has 0 saturated heterocycles. The van der Waals surface area contributed by atoms with E-state index < -0.39 is 0 Å². The van der Waals surface area contributed by atoms with E-state index in [0.717, 1.165) is 49.7 Å². The average molecular weight is 421 g/mol. The number of hydrogen-bond acceptors (Lipinski definition) is 3. The number of H-pyrrole nitrogens is 2. The lowest BCUT2D eigenvalue weighted by Crippen LogP contribution is -2.23. The van der Waals surface area contributed by atoms with Crippen LogP contribution >= 0.6 is 0 Å². The third-order valence-electron chi connectivity index (χ3n) is 5.40. The number of rotatable bonds is 4. The van der Waals surface area contributed by atoms with Crippen LogP contribution in [0.25, 0.3) is 51.1 Å². The summed E-state index contributed by atoms with van der Waals surface area (Å²) in [5, 5.41) is 10.3. The number of fused-ring (bicyclic) bond motifs is 1. The molecule has 0 amide bonds. The van der Waals surface area contributed by atoms with Crippen molar-refractivity contribution >= 4 is 28.6 Å². The van der Waals surface area contributed by atoms with Crippen LogP contribution in [0.15, 0.2) is 73.7 Å². The van der Waals surface area contributed by atoms with Crippen molar-refractivity contribution in [3.8, 4) is 22.5 Å². The Balaban J connectivity index is 1.69. The van der Waals surface area contributed by atoms with Crippen molar-refractivity contribution in [2.75, 3.05) is 0 Å². The Kier molecular flexibility index (Phi) is 4.95. The molecular formula is C26H20FN5. The van der Waals surface area contributed by atoms with Gasteiger partial charge in [-0.15, -0.1) is 0 Å². The smallest absolute Gasteiger partial charge is 0.131 e. The second-order valence-corrected chi connectivity index (χ2v) is 7.38. The Bertz CT molecular complexity index is 1560. The minimum Gasteiger partial charge on any atom is -0.352 e. The van der Waals surface area contributed by atoms with Gasteiger partial charge in [-0.2, -0.15) is 5.10 Å². The molecule has 0 radical (unpaired) electrons. The molecule has 6 heteroatoms. The number of nitrogens with zero attached hydrogens (tertiary/aromatic N) is 3. The van der Waals surface area contributed by atoms with Gasteiger partial charge in [0.25, 0.3) is 0 Å². The normalized spacial score (nSPS) is 12.6. The number of halogens is 1. The topological polar surface area (TPSA) is 70.2 Å². The SMILES string of the molecule is C=C(/C=c1/c(-c2cc3c(-c4ccccc4F)cncc3[nH]2)n[nH]/c1=C/C)c1ccccn1. The predicted molar refractivity (Wildman–Crippen MR) is 126 cm³/mol. The van der Waals surface area contributed by atoms with E-state index in [-0.39, 0.29) is 5.82 Å². The van der Waals surface area contributed by atoms with Crippen molar-refractivity contribution < 1.29 is 4.39 Å². The Morgan fingerprint density at radius 3 is 2.69 bits per heavy atom. The number of benzene rings is 1. The highest BCUT2D eigenvalue weighted by atomic mass is 19.1. The first-order valence-electron chi connectivity index (χ1n) is 10.2. The van der Waals surface area contributed by atoms with Gasteiger partial charge in [-0.3, -0.25) is 15.1 Å². The van der Waals surface area contributed by atoms with E-state index in [1.54, 1.807) is 30.7 Å². The van der Waals surface area contributed by atoms with Crippen LogP contribution in [0.5, 0.6) is 0 Å². The van der Waals surface area contributed by atoms with Crippen molar-refractivity contribution in [2.24, 2.45) is 0 Å². The van der Waals surface area contributed by atoms with Crippen LogP contribution in [0.2, 0.25) is 0 Å². The maximum atomic E-state index is 14.5. The zero-order chi connectivity index (χ0) is 22.1. The Labute approximate surface area is 183 Å². The van der Waals surface area contributed by atoms with Gasteiger partial charge in [-0.25, -0.2) is 4.39 Å². The maximum absolute atomic E-state index is 14.5. The van der Waals surface area contributed by atoms with Crippen molar-refractivity contribution in [3.63, 3.8) is 0 Å². The Morgan fingerprint density at radius 1 is 1.06 bits per heavy atom. The van der Waals surface area contributed by atoms with E-state index in [2.05, 4.69) is 31.7 Å². The van der Waals surface area contributed by atoms with Gasteiger partial charge in [-0.05, 0) is 42.8 Å². The predicted octanol–water partition coefficient (Wildman–Crippen LogP) is 4.45. The first-order chi connectivity index (χ1) is 15.7. The quantitative estimate of drug-likeness (QED) is 0.450. The second kappa shape index (κ2) is 8.07. The molecule has 4 heterocycles. The fraction of sp³-hybridized carbons (Fsp3) is 0.0385. The fourth-order valence-corrected chi connectivity index (χ4v) is 3.81. The van der Waals surface area contributed by atoms with E-state index in [9.17, 15) is 4.39 Å². The number of aromatic amines is 2. The van der Waals surface area contributed by atoms with E-state index >= 15 is 0 Å².